The molecule has 5 nitrogen and oxygen atoms in total. The topological polar surface area (TPSA) is 75.4 Å². The number of nitrogens with one attached hydrogen (secondary N) is 1. The fraction of sp³-hybridized carbons (Fsp3) is 1.00. The van der Waals surface area contributed by atoms with Crippen LogP contribution in [0.5, 0.6) is 0 Å². The van der Waals surface area contributed by atoms with Crippen LogP contribution in [0.2, 0.25) is 0 Å². The molecule has 0 fully saturated rings. The molecule has 68 valence electrons. The minimum absolute atomic E-state index is 0.220. The first kappa shape index (κ1) is 10.8. The Hall–Kier alpha value is -0.170. The molecule has 0 aromatic heterocycles. The average Bonchev–Trinajstić information content (AvgIpc) is 1.86. The van der Waals surface area contributed by atoms with E-state index in [0.29, 0.717) is 6.54 Å². The van der Waals surface area contributed by atoms with Gasteiger partial charge in [-0.25, -0.2) is 0 Å². The molecule has 0 heterocycles. The van der Waals surface area contributed by atoms with Crippen molar-refractivity contribution < 1.29 is 8.42 Å². The predicted octanol–water partition coefficient (Wildman–Crippen LogP) is -1.27. The quantitative estimate of drug-likeness (QED) is 0.568. The van der Waals surface area contributed by atoms with Gasteiger partial charge in [-0.05, 0) is 6.92 Å². The molecular weight excluding hydrogens is 166 g/mol. The number of hydrogen-bond acceptors (Lipinski definition) is 3. The highest BCUT2D eigenvalue weighted by Gasteiger charge is 2.14. The zero-order chi connectivity index (χ0) is 9.07. The standard InChI is InChI=1S/C5H15N3O2S/c1-5(4-6)7-11(9,10)8(2)3/h5,7H,4,6H2,1-3H3. The minimum atomic E-state index is -3.31. The maximum absolute atomic E-state index is 11.1. The van der Waals surface area contributed by atoms with Crippen molar-refractivity contribution in [3.05, 3.63) is 0 Å². The van der Waals surface area contributed by atoms with E-state index in [4.69, 9.17) is 5.73 Å². The van der Waals surface area contributed by atoms with Gasteiger partial charge in [-0.2, -0.15) is 17.4 Å². The van der Waals surface area contributed by atoms with Crippen molar-refractivity contribution in [2.45, 2.75) is 13.0 Å². The van der Waals surface area contributed by atoms with Gasteiger partial charge in [0.15, 0.2) is 0 Å². The monoisotopic (exact) mass is 181 g/mol. The van der Waals surface area contributed by atoms with Crippen molar-refractivity contribution in [1.82, 2.24) is 9.03 Å². The Kier molecular flexibility index (Phi) is 3.95. The highest BCUT2D eigenvalue weighted by molar-refractivity contribution is 7.87. The van der Waals surface area contributed by atoms with Crippen molar-refractivity contribution in [2.24, 2.45) is 5.73 Å². The van der Waals surface area contributed by atoms with Crippen LogP contribution >= 0.6 is 0 Å². The lowest BCUT2D eigenvalue weighted by Crippen LogP contribution is -2.43. The van der Waals surface area contributed by atoms with E-state index in [1.165, 1.54) is 14.1 Å². The summed E-state index contributed by atoms with van der Waals surface area (Å²) in [5.41, 5.74) is 5.23. The summed E-state index contributed by atoms with van der Waals surface area (Å²) in [6, 6.07) is -0.220. The molecule has 0 spiro atoms. The molecule has 0 rings (SSSR count). The van der Waals surface area contributed by atoms with Gasteiger partial charge < -0.3 is 5.73 Å². The average molecular weight is 181 g/mol. The lowest BCUT2D eigenvalue weighted by molar-refractivity contribution is 0.492. The SMILES string of the molecule is CC(CN)NS(=O)(=O)N(C)C. The highest BCUT2D eigenvalue weighted by Crippen LogP contribution is 1.90. The van der Waals surface area contributed by atoms with Crippen LogP contribution in [-0.2, 0) is 10.2 Å². The second-order valence-corrected chi connectivity index (χ2v) is 4.46. The Morgan fingerprint density at radius 3 is 2.27 bits per heavy atom. The van der Waals surface area contributed by atoms with Gasteiger partial charge in [0.05, 0.1) is 0 Å². The van der Waals surface area contributed by atoms with Gasteiger partial charge in [-0.1, -0.05) is 0 Å². The lowest BCUT2D eigenvalue weighted by atomic mass is 10.4. The van der Waals surface area contributed by atoms with E-state index >= 15 is 0 Å². The van der Waals surface area contributed by atoms with Crippen LogP contribution in [0.4, 0.5) is 0 Å². The summed E-state index contributed by atoms with van der Waals surface area (Å²) in [6.45, 7) is 2.01. The van der Waals surface area contributed by atoms with Crippen molar-refractivity contribution in [3.8, 4) is 0 Å². The van der Waals surface area contributed by atoms with Crippen molar-refractivity contribution in [1.29, 1.82) is 0 Å². The third kappa shape index (κ3) is 3.66. The third-order valence-corrected chi connectivity index (χ3v) is 2.85. The second kappa shape index (κ2) is 4.01. The molecule has 1 unspecified atom stereocenters. The second-order valence-electron chi connectivity index (χ2n) is 2.54. The highest BCUT2D eigenvalue weighted by atomic mass is 32.2. The van der Waals surface area contributed by atoms with Crippen LogP contribution in [0.25, 0.3) is 0 Å². The zero-order valence-corrected chi connectivity index (χ0v) is 7.85. The van der Waals surface area contributed by atoms with E-state index in [1.807, 2.05) is 0 Å². The van der Waals surface area contributed by atoms with Crippen LogP contribution in [-0.4, -0.2) is 39.4 Å². The number of nitrogens with zero attached hydrogens (tertiary/aromatic N) is 1. The largest absolute Gasteiger partial charge is 0.329 e. The van der Waals surface area contributed by atoms with E-state index in [1.54, 1.807) is 6.92 Å². The third-order valence-electron chi connectivity index (χ3n) is 1.18. The molecule has 0 aromatic rings. The van der Waals surface area contributed by atoms with Gasteiger partial charge in [0, 0.05) is 26.7 Å². The zero-order valence-electron chi connectivity index (χ0n) is 7.03. The van der Waals surface area contributed by atoms with Crippen molar-refractivity contribution in [2.75, 3.05) is 20.6 Å². The molecule has 0 bridgehead atoms. The van der Waals surface area contributed by atoms with Gasteiger partial charge in [-0.3, -0.25) is 0 Å². The van der Waals surface area contributed by atoms with Gasteiger partial charge in [0.25, 0.3) is 10.2 Å². The molecular formula is C5H15N3O2S. The molecule has 11 heavy (non-hydrogen) atoms. The fourth-order valence-electron chi connectivity index (χ4n) is 0.408. The van der Waals surface area contributed by atoms with Crippen LogP contribution in [0, 0.1) is 0 Å². The predicted molar refractivity (Wildman–Crippen MR) is 44.3 cm³/mol. The molecule has 0 aliphatic carbocycles. The van der Waals surface area contributed by atoms with Crippen LogP contribution < -0.4 is 10.5 Å². The van der Waals surface area contributed by atoms with Crippen LogP contribution in [0.1, 0.15) is 6.92 Å². The molecule has 0 radical (unpaired) electrons. The van der Waals surface area contributed by atoms with E-state index in [2.05, 4.69) is 4.72 Å². The fourth-order valence-corrected chi connectivity index (χ4v) is 1.22. The molecule has 6 heteroatoms. The molecule has 0 saturated heterocycles. The normalized spacial score (nSPS) is 15.4. The van der Waals surface area contributed by atoms with Crippen molar-refractivity contribution >= 4 is 10.2 Å². The Balaban J connectivity index is 4.15. The Bertz CT molecular complexity index is 200. The summed E-state index contributed by atoms with van der Waals surface area (Å²) in [5, 5.41) is 0. The van der Waals surface area contributed by atoms with E-state index < -0.39 is 10.2 Å². The first-order valence-electron chi connectivity index (χ1n) is 3.30. The van der Waals surface area contributed by atoms with Crippen LogP contribution in [0.15, 0.2) is 0 Å². The number of nitrogens with two attached hydrogens (primary N) is 1. The molecule has 1 atom stereocenters. The number of hydrogen-bond donors (Lipinski definition) is 2. The lowest BCUT2D eigenvalue weighted by Gasteiger charge is -2.15. The maximum Gasteiger partial charge on any atom is 0.279 e. The minimum Gasteiger partial charge on any atom is -0.329 e. The molecule has 0 saturated carbocycles. The Labute approximate surface area is 67.7 Å². The molecule has 0 amide bonds. The summed E-state index contributed by atoms with van der Waals surface area (Å²) in [5.74, 6) is 0. The molecule has 0 aromatic carbocycles. The molecule has 0 aliphatic heterocycles. The van der Waals surface area contributed by atoms with Crippen LogP contribution in [0.3, 0.4) is 0 Å². The maximum atomic E-state index is 11.1. The molecule has 3 N–H and O–H groups in total. The summed E-state index contributed by atoms with van der Waals surface area (Å²) in [6.07, 6.45) is 0. The number of rotatable bonds is 4. The molecule has 0 aliphatic rings. The van der Waals surface area contributed by atoms with Gasteiger partial charge >= 0.3 is 0 Å². The summed E-state index contributed by atoms with van der Waals surface area (Å²) < 4.78 is 25.6. The summed E-state index contributed by atoms with van der Waals surface area (Å²) >= 11 is 0. The van der Waals surface area contributed by atoms with E-state index in [0.717, 1.165) is 4.31 Å². The van der Waals surface area contributed by atoms with Gasteiger partial charge in [0.2, 0.25) is 0 Å². The Morgan fingerprint density at radius 2 is 2.00 bits per heavy atom. The smallest absolute Gasteiger partial charge is 0.279 e. The van der Waals surface area contributed by atoms with E-state index in [9.17, 15) is 8.42 Å². The summed E-state index contributed by atoms with van der Waals surface area (Å²) in [7, 11) is -0.378. The first-order chi connectivity index (χ1) is 4.90. The Morgan fingerprint density at radius 1 is 1.55 bits per heavy atom. The van der Waals surface area contributed by atoms with E-state index in [-0.39, 0.29) is 6.04 Å². The van der Waals surface area contributed by atoms with Crippen molar-refractivity contribution in [3.63, 3.8) is 0 Å². The van der Waals surface area contributed by atoms with Gasteiger partial charge in [0.1, 0.15) is 0 Å². The summed E-state index contributed by atoms with van der Waals surface area (Å²) in [4.78, 5) is 0. The van der Waals surface area contributed by atoms with Gasteiger partial charge in [-0.15, -0.1) is 0 Å². The first-order valence-corrected chi connectivity index (χ1v) is 4.74.